The van der Waals surface area contributed by atoms with Crippen LogP contribution in [-0.4, -0.2) is 18.6 Å². The minimum atomic E-state index is -0.936. The van der Waals surface area contributed by atoms with Gasteiger partial charge < -0.3 is 15.2 Å². The average molecular weight is 299 g/mol. The van der Waals surface area contributed by atoms with Gasteiger partial charge in [-0.2, -0.15) is 0 Å². The predicted molar refractivity (Wildman–Crippen MR) is 86.9 cm³/mol. The van der Waals surface area contributed by atoms with Crippen molar-refractivity contribution in [2.45, 2.75) is 97.9 Å². The highest BCUT2D eigenvalue weighted by Crippen LogP contribution is 2.15. The zero-order valence-electron chi connectivity index (χ0n) is 14.7. The quantitative estimate of drug-likeness (QED) is 0.532. The predicted octanol–water partition coefficient (Wildman–Crippen LogP) is 2.64. The van der Waals surface area contributed by atoms with Crippen molar-refractivity contribution in [2.24, 2.45) is 5.41 Å². The minimum absolute atomic E-state index is 0.239. The Morgan fingerprint density at radius 1 is 0.905 bits per heavy atom. The van der Waals surface area contributed by atoms with Crippen molar-refractivity contribution in [3.8, 4) is 0 Å². The van der Waals surface area contributed by atoms with Gasteiger partial charge in [0, 0.05) is 5.41 Å². The number of hydrogen-bond donors (Lipinski definition) is 1. The van der Waals surface area contributed by atoms with Gasteiger partial charge in [0.1, 0.15) is 6.04 Å². The number of hydrogen-bond acceptors (Lipinski definition) is 2. The van der Waals surface area contributed by atoms with Gasteiger partial charge in [0.25, 0.3) is 0 Å². The highest BCUT2D eigenvalue weighted by atomic mass is 16.4. The molecule has 0 spiro atoms. The summed E-state index contributed by atoms with van der Waals surface area (Å²) in [7, 11) is 0. The van der Waals surface area contributed by atoms with E-state index in [0.29, 0.717) is 0 Å². The Bertz CT molecular complexity index is 258. The molecule has 0 aromatic carbocycles. The molecule has 0 rings (SSSR count). The molecule has 0 heterocycles. The number of aliphatic carboxylic acids is 1. The van der Waals surface area contributed by atoms with Gasteiger partial charge in [-0.05, 0) is 12.8 Å². The molecule has 21 heavy (non-hydrogen) atoms. The van der Waals surface area contributed by atoms with Gasteiger partial charge in [-0.3, -0.25) is 0 Å². The van der Waals surface area contributed by atoms with Crippen molar-refractivity contribution in [3.05, 3.63) is 0 Å². The van der Waals surface area contributed by atoms with Crippen LogP contribution < -0.4 is 10.4 Å². The molecule has 126 valence electrons. The summed E-state index contributed by atoms with van der Waals surface area (Å²) < 4.78 is 0. The first-order valence-electron chi connectivity index (χ1n) is 8.93. The lowest BCUT2D eigenvalue weighted by atomic mass is 9.87. The number of quaternary nitrogens is 1. The summed E-state index contributed by atoms with van der Waals surface area (Å²) in [6.07, 6.45) is 13.2. The topological polar surface area (TPSA) is 56.7 Å². The maximum Gasteiger partial charge on any atom is 0.131 e. The molecule has 2 N–H and O–H groups in total. The summed E-state index contributed by atoms with van der Waals surface area (Å²) in [6.45, 7) is 9.03. The van der Waals surface area contributed by atoms with Crippen LogP contribution in [0.25, 0.3) is 0 Å². The van der Waals surface area contributed by atoms with Gasteiger partial charge in [-0.15, -0.1) is 0 Å². The standard InChI is InChI=1S/C18H37NO2/c1-5-6-7-8-9-10-11-12-13-14-15-19-16(17(20)21)18(2,3)4/h16,19H,5-15H2,1-4H3,(H,20,21). The van der Waals surface area contributed by atoms with Crippen LogP contribution in [0.4, 0.5) is 0 Å². The van der Waals surface area contributed by atoms with E-state index < -0.39 is 12.0 Å². The minimum Gasteiger partial charge on any atom is -0.544 e. The highest BCUT2D eigenvalue weighted by molar-refractivity contribution is 5.70. The normalized spacial score (nSPS) is 13.3. The molecule has 0 saturated heterocycles. The van der Waals surface area contributed by atoms with E-state index in [0.717, 1.165) is 13.0 Å². The fraction of sp³-hybridized carbons (Fsp3) is 0.944. The van der Waals surface area contributed by atoms with E-state index in [1.807, 2.05) is 26.1 Å². The molecule has 3 nitrogen and oxygen atoms in total. The first-order valence-corrected chi connectivity index (χ1v) is 8.93. The van der Waals surface area contributed by atoms with E-state index in [4.69, 9.17) is 0 Å². The van der Waals surface area contributed by atoms with Crippen LogP contribution in [-0.2, 0) is 4.79 Å². The van der Waals surface area contributed by atoms with Crippen LogP contribution in [0.3, 0.4) is 0 Å². The molecular formula is C18H37NO2. The third-order valence-corrected chi connectivity index (χ3v) is 4.15. The Labute approximate surface area is 131 Å². The van der Waals surface area contributed by atoms with Crippen molar-refractivity contribution in [1.29, 1.82) is 0 Å². The molecule has 0 radical (unpaired) electrons. The molecule has 1 atom stereocenters. The zero-order valence-corrected chi connectivity index (χ0v) is 14.7. The Morgan fingerprint density at radius 3 is 1.71 bits per heavy atom. The molecule has 0 aliphatic carbocycles. The Kier molecular flexibility index (Phi) is 11.7. The largest absolute Gasteiger partial charge is 0.544 e. The van der Waals surface area contributed by atoms with Gasteiger partial charge in [-0.25, -0.2) is 0 Å². The number of carbonyl (C=O) groups excluding carboxylic acids is 1. The molecule has 3 heteroatoms. The van der Waals surface area contributed by atoms with Gasteiger partial charge in [-0.1, -0.05) is 79.1 Å². The van der Waals surface area contributed by atoms with Crippen LogP contribution in [0.2, 0.25) is 0 Å². The monoisotopic (exact) mass is 299 g/mol. The van der Waals surface area contributed by atoms with E-state index in [9.17, 15) is 9.90 Å². The van der Waals surface area contributed by atoms with E-state index in [-0.39, 0.29) is 5.41 Å². The maximum absolute atomic E-state index is 11.1. The number of carboxylic acids is 1. The molecule has 0 bridgehead atoms. The van der Waals surface area contributed by atoms with Crippen LogP contribution in [0.15, 0.2) is 0 Å². The van der Waals surface area contributed by atoms with Crippen LogP contribution in [0, 0.1) is 5.41 Å². The van der Waals surface area contributed by atoms with Gasteiger partial charge >= 0.3 is 0 Å². The molecular weight excluding hydrogens is 262 g/mol. The van der Waals surface area contributed by atoms with Crippen LogP contribution in [0.1, 0.15) is 91.9 Å². The summed E-state index contributed by atoms with van der Waals surface area (Å²) in [5.74, 6) is -0.936. The summed E-state index contributed by atoms with van der Waals surface area (Å²) >= 11 is 0. The van der Waals surface area contributed by atoms with E-state index in [2.05, 4.69) is 6.92 Å². The average Bonchev–Trinajstić information content (AvgIpc) is 2.38. The molecule has 0 aliphatic heterocycles. The molecule has 0 saturated carbocycles. The summed E-state index contributed by atoms with van der Waals surface area (Å²) in [4.78, 5) is 11.1. The van der Waals surface area contributed by atoms with Gasteiger partial charge in [0.15, 0.2) is 0 Å². The molecule has 0 aromatic rings. The lowest BCUT2D eigenvalue weighted by molar-refractivity contribution is -0.695. The Balaban J connectivity index is 3.45. The van der Waals surface area contributed by atoms with Crippen molar-refractivity contribution < 1.29 is 15.2 Å². The lowest BCUT2D eigenvalue weighted by Gasteiger charge is -2.29. The molecule has 1 unspecified atom stereocenters. The number of carboxylic acid groups (broad SMARTS) is 1. The molecule has 0 aromatic heterocycles. The lowest BCUT2D eigenvalue weighted by Crippen LogP contribution is -2.95. The third kappa shape index (κ3) is 11.7. The number of carbonyl (C=O) groups is 1. The molecule has 0 amide bonds. The second kappa shape index (κ2) is 12.0. The smallest absolute Gasteiger partial charge is 0.131 e. The summed E-state index contributed by atoms with van der Waals surface area (Å²) in [5.41, 5.74) is -0.239. The van der Waals surface area contributed by atoms with E-state index in [1.54, 1.807) is 0 Å². The summed E-state index contributed by atoms with van der Waals surface area (Å²) in [6, 6.07) is -0.434. The second-order valence-electron chi connectivity index (χ2n) is 7.37. The van der Waals surface area contributed by atoms with E-state index in [1.165, 1.54) is 57.8 Å². The van der Waals surface area contributed by atoms with Crippen LogP contribution in [0.5, 0.6) is 0 Å². The first kappa shape index (κ1) is 20.4. The number of unbranched alkanes of at least 4 members (excludes halogenated alkanes) is 9. The maximum atomic E-state index is 11.1. The van der Waals surface area contributed by atoms with Gasteiger partial charge in [0.2, 0.25) is 0 Å². The molecule has 0 aliphatic rings. The highest BCUT2D eigenvalue weighted by Gasteiger charge is 2.28. The van der Waals surface area contributed by atoms with Gasteiger partial charge in [0.05, 0.1) is 12.5 Å². The van der Waals surface area contributed by atoms with Crippen molar-refractivity contribution in [2.75, 3.05) is 6.54 Å². The fourth-order valence-corrected chi connectivity index (χ4v) is 2.72. The Hall–Kier alpha value is -0.570. The van der Waals surface area contributed by atoms with Crippen molar-refractivity contribution >= 4 is 5.97 Å². The molecule has 0 fully saturated rings. The Morgan fingerprint density at radius 2 is 1.33 bits per heavy atom. The number of rotatable bonds is 13. The zero-order chi connectivity index (χ0) is 16.1. The fourth-order valence-electron chi connectivity index (χ4n) is 2.72. The number of nitrogens with two attached hydrogens (primary N) is 1. The van der Waals surface area contributed by atoms with Crippen molar-refractivity contribution in [1.82, 2.24) is 0 Å². The summed E-state index contributed by atoms with van der Waals surface area (Å²) in [5, 5.41) is 13.1. The SMILES string of the molecule is CCCCCCCCCCCC[NH2+]C(C(=O)[O-])C(C)(C)C. The third-order valence-electron chi connectivity index (χ3n) is 4.15. The van der Waals surface area contributed by atoms with Crippen molar-refractivity contribution in [3.63, 3.8) is 0 Å². The second-order valence-corrected chi connectivity index (χ2v) is 7.37. The van der Waals surface area contributed by atoms with Crippen LogP contribution >= 0.6 is 0 Å². The van der Waals surface area contributed by atoms with E-state index >= 15 is 0 Å². The first-order chi connectivity index (χ1) is 9.89.